The van der Waals surface area contributed by atoms with Gasteiger partial charge < -0.3 is 4.42 Å². The number of hydrogen-bond donors (Lipinski definition) is 0. The zero-order chi connectivity index (χ0) is 13.0. The maximum Gasteiger partial charge on any atom is 0.104 e. The lowest BCUT2D eigenvalue weighted by Gasteiger charge is -2.30. The van der Waals surface area contributed by atoms with Crippen LogP contribution < -0.4 is 0 Å². The normalized spacial score (nSPS) is 11.7. The standard InChI is InChI=1S/C14H13Br3O/c15-9-14(10-16,8-11-4-3-7-18-11)12-5-1-2-6-13(12)17/h1-7H,8-10H2. The van der Waals surface area contributed by atoms with Crippen LogP contribution in [0.2, 0.25) is 0 Å². The van der Waals surface area contributed by atoms with Gasteiger partial charge in [-0.15, -0.1) is 0 Å². The van der Waals surface area contributed by atoms with Crippen LogP contribution in [0, 0.1) is 0 Å². The molecule has 0 aliphatic carbocycles. The Balaban J connectivity index is 2.40. The molecule has 1 aromatic carbocycles. The van der Waals surface area contributed by atoms with Crippen molar-refractivity contribution in [3.63, 3.8) is 0 Å². The van der Waals surface area contributed by atoms with Gasteiger partial charge in [-0.1, -0.05) is 66.0 Å². The van der Waals surface area contributed by atoms with E-state index in [1.165, 1.54) is 5.56 Å². The second kappa shape index (κ2) is 6.40. The van der Waals surface area contributed by atoms with Gasteiger partial charge in [0.15, 0.2) is 0 Å². The summed E-state index contributed by atoms with van der Waals surface area (Å²) in [6, 6.07) is 12.3. The van der Waals surface area contributed by atoms with E-state index in [2.05, 4.69) is 66.0 Å². The molecule has 0 saturated carbocycles. The van der Waals surface area contributed by atoms with Crippen molar-refractivity contribution < 1.29 is 4.42 Å². The summed E-state index contributed by atoms with van der Waals surface area (Å²) >= 11 is 11.0. The molecule has 18 heavy (non-hydrogen) atoms. The summed E-state index contributed by atoms with van der Waals surface area (Å²) in [4.78, 5) is 0. The highest BCUT2D eigenvalue weighted by Crippen LogP contribution is 2.37. The Kier molecular flexibility index (Phi) is 5.10. The fourth-order valence-corrected chi connectivity index (χ4v) is 4.64. The molecule has 96 valence electrons. The van der Waals surface area contributed by atoms with E-state index in [0.717, 1.165) is 27.3 Å². The summed E-state index contributed by atoms with van der Waals surface area (Å²) in [6.45, 7) is 0. The van der Waals surface area contributed by atoms with Gasteiger partial charge in [-0.25, -0.2) is 0 Å². The number of furan rings is 1. The van der Waals surface area contributed by atoms with Crippen molar-refractivity contribution in [2.24, 2.45) is 0 Å². The topological polar surface area (TPSA) is 13.1 Å². The lowest BCUT2D eigenvalue weighted by Crippen LogP contribution is -2.33. The van der Waals surface area contributed by atoms with Gasteiger partial charge in [0.25, 0.3) is 0 Å². The molecule has 0 unspecified atom stereocenters. The highest BCUT2D eigenvalue weighted by Gasteiger charge is 2.33. The smallest absolute Gasteiger partial charge is 0.104 e. The highest BCUT2D eigenvalue weighted by atomic mass is 79.9. The van der Waals surface area contributed by atoms with Crippen LogP contribution in [0.15, 0.2) is 51.6 Å². The van der Waals surface area contributed by atoms with Gasteiger partial charge >= 0.3 is 0 Å². The van der Waals surface area contributed by atoms with Crippen molar-refractivity contribution >= 4 is 47.8 Å². The average molecular weight is 437 g/mol. The van der Waals surface area contributed by atoms with Crippen LogP contribution in [0.5, 0.6) is 0 Å². The zero-order valence-corrected chi connectivity index (χ0v) is 14.5. The molecule has 1 nitrogen and oxygen atoms in total. The van der Waals surface area contributed by atoms with E-state index < -0.39 is 0 Å². The Hall–Kier alpha value is -0.0600. The summed E-state index contributed by atoms with van der Waals surface area (Å²) in [7, 11) is 0. The van der Waals surface area contributed by atoms with Crippen LogP contribution in [0.4, 0.5) is 0 Å². The first kappa shape index (κ1) is 14.4. The number of benzene rings is 1. The first-order chi connectivity index (χ1) is 8.72. The predicted octanol–water partition coefficient (Wildman–Crippen LogP) is 5.31. The second-order valence-electron chi connectivity index (χ2n) is 4.28. The molecule has 0 amide bonds. The molecule has 1 aromatic heterocycles. The number of halogens is 3. The minimum atomic E-state index is -0.0159. The molecule has 0 aliphatic heterocycles. The molecule has 1 heterocycles. The van der Waals surface area contributed by atoms with Gasteiger partial charge in [0.05, 0.1) is 6.26 Å². The second-order valence-corrected chi connectivity index (χ2v) is 6.26. The minimum absolute atomic E-state index is 0.0159. The summed E-state index contributed by atoms with van der Waals surface area (Å²) < 4.78 is 6.63. The third kappa shape index (κ3) is 2.91. The van der Waals surface area contributed by atoms with E-state index in [9.17, 15) is 0 Å². The Morgan fingerprint density at radius 2 is 1.72 bits per heavy atom. The van der Waals surface area contributed by atoms with Crippen LogP contribution in [-0.4, -0.2) is 10.7 Å². The fraction of sp³-hybridized carbons (Fsp3) is 0.286. The maximum absolute atomic E-state index is 5.50. The molecule has 0 bridgehead atoms. The van der Waals surface area contributed by atoms with Crippen molar-refractivity contribution in [1.29, 1.82) is 0 Å². The van der Waals surface area contributed by atoms with E-state index in [0.29, 0.717) is 0 Å². The Labute approximate surface area is 132 Å². The van der Waals surface area contributed by atoms with Gasteiger partial charge in [-0.2, -0.15) is 0 Å². The van der Waals surface area contributed by atoms with Crippen LogP contribution in [0.3, 0.4) is 0 Å². The van der Waals surface area contributed by atoms with Gasteiger partial charge in [0.2, 0.25) is 0 Å². The molecule has 0 aliphatic rings. The Morgan fingerprint density at radius 3 is 2.28 bits per heavy atom. The molecule has 4 heteroatoms. The molecule has 2 aromatic rings. The highest BCUT2D eigenvalue weighted by molar-refractivity contribution is 9.10. The van der Waals surface area contributed by atoms with E-state index in [1.54, 1.807) is 6.26 Å². The SMILES string of the molecule is BrCC(CBr)(Cc1ccco1)c1ccccc1Br. The molecule has 0 atom stereocenters. The third-order valence-corrected chi connectivity index (χ3v) is 5.89. The largest absolute Gasteiger partial charge is 0.469 e. The lowest BCUT2D eigenvalue weighted by molar-refractivity contribution is 0.442. The number of hydrogen-bond acceptors (Lipinski definition) is 1. The van der Waals surface area contributed by atoms with Gasteiger partial charge in [-0.05, 0) is 23.8 Å². The quantitative estimate of drug-likeness (QED) is 0.579. The van der Waals surface area contributed by atoms with Crippen LogP contribution in [0.25, 0.3) is 0 Å². The van der Waals surface area contributed by atoms with Crippen LogP contribution >= 0.6 is 47.8 Å². The minimum Gasteiger partial charge on any atom is -0.469 e. The molecular weight excluding hydrogens is 424 g/mol. The molecule has 0 N–H and O–H groups in total. The molecule has 2 rings (SSSR count). The Bertz CT molecular complexity index is 490. The summed E-state index contributed by atoms with van der Waals surface area (Å²) in [5.41, 5.74) is 1.27. The average Bonchev–Trinajstić information content (AvgIpc) is 2.90. The molecule has 0 radical (unpaired) electrons. The van der Waals surface area contributed by atoms with Crippen molar-refractivity contribution in [1.82, 2.24) is 0 Å². The van der Waals surface area contributed by atoms with Crippen molar-refractivity contribution in [2.75, 3.05) is 10.7 Å². The molecule has 0 fully saturated rings. The summed E-state index contributed by atoms with van der Waals surface area (Å²) in [6.07, 6.45) is 2.59. The van der Waals surface area contributed by atoms with Gasteiger partial charge in [-0.3, -0.25) is 0 Å². The van der Waals surface area contributed by atoms with Crippen LogP contribution in [0.1, 0.15) is 11.3 Å². The molecular formula is C14H13Br3O. The zero-order valence-electron chi connectivity index (χ0n) is 9.70. The van der Waals surface area contributed by atoms with E-state index in [1.807, 2.05) is 18.2 Å². The first-order valence-electron chi connectivity index (χ1n) is 5.61. The molecule has 0 saturated heterocycles. The van der Waals surface area contributed by atoms with E-state index >= 15 is 0 Å². The maximum atomic E-state index is 5.50. The third-order valence-electron chi connectivity index (χ3n) is 3.05. The van der Waals surface area contributed by atoms with Crippen molar-refractivity contribution in [3.8, 4) is 0 Å². The number of alkyl halides is 2. The van der Waals surface area contributed by atoms with Crippen molar-refractivity contribution in [3.05, 3.63) is 58.5 Å². The summed E-state index contributed by atoms with van der Waals surface area (Å²) in [5, 5.41) is 1.74. The predicted molar refractivity (Wildman–Crippen MR) is 85.8 cm³/mol. The van der Waals surface area contributed by atoms with E-state index in [-0.39, 0.29) is 5.41 Å². The summed E-state index contributed by atoms with van der Waals surface area (Å²) in [5.74, 6) is 1.00. The van der Waals surface area contributed by atoms with Crippen molar-refractivity contribution in [2.45, 2.75) is 11.8 Å². The van der Waals surface area contributed by atoms with Crippen LogP contribution in [-0.2, 0) is 11.8 Å². The van der Waals surface area contributed by atoms with Gasteiger partial charge in [0, 0.05) is 27.0 Å². The van der Waals surface area contributed by atoms with E-state index in [4.69, 9.17) is 4.42 Å². The monoisotopic (exact) mass is 434 g/mol. The molecule has 0 spiro atoms. The first-order valence-corrected chi connectivity index (χ1v) is 8.65. The lowest BCUT2D eigenvalue weighted by atomic mass is 9.80. The number of rotatable bonds is 5. The van der Waals surface area contributed by atoms with Gasteiger partial charge in [0.1, 0.15) is 5.76 Å². The fourth-order valence-electron chi connectivity index (χ4n) is 2.01. The Morgan fingerprint density at radius 1 is 1.00 bits per heavy atom.